The highest BCUT2D eigenvalue weighted by Crippen LogP contribution is 2.23. The van der Waals surface area contributed by atoms with Crippen LogP contribution in [0.1, 0.15) is 10.4 Å². The molecule has 2 unspecified atom stereocenters. The summed E-state index contributed by atoms with van der Waals surface area (Å²) in [5.74, 6) is 0.00512. The Morgan fingerprint density at radius 1 is 1.32 bits per heavy atom. The summed E-state index contributed by atoms with van der Waals surface area (Å²) in [4.78, 5) is 14.0. The van der Waals surface area contributed by atoms with Crippen LogP contribution in [0.2, 0.25) is 0 Å². The Morgan fingerprint density at radius 2 is 1.89 bits per heavy atom. The van der Waals surface area contributed by atoms with E-state index in [0.717, 1.165) is 3.57 Å². The zero-order valence-corrected chi connectivity index (χ0v) is 13.0. The Morgan fingerprint density at radius 3 is 2.37 bits per heavy atom. The first-order valence-electron chi connectivity index (χ1n) is 5.90. The molecule has 1 saturated heterocycles. The van der Waals surface area contributed by atoms with Gasteiger partial charge in [-0.3, -0.25) is 4.79 Å². The average Bonchev–Trinajstić information content (AvgIpc) is 2.84. The summed E-state index contributed by atoms with van der Waals surface area (Å²) in [5.41, 5.74) is 0.476. The van der Waals surface area contributed by atoms with Gasteiger partial charge in [-0.1, -0.05) is 0 Å². The molecule has 1 heterocycles. The maximum Gasteiger partial charge on any atom is 0.254 e. The summed E-state index contributed by atoms with van der Waals surface area (Å²) in [6.07, 6.45) is -0.210. The molecule has 1 amide bonds. The van der Waals surface area contributed by atoms with E-state index in [-0.39, 0.29) is 23.9 Å². The highest BCUT2D eigenvalue weighted by molar-refractivity contribution is 14.1. The van der Waals surface area contributed by atoms with Crippen molar-refractivity contribution in [1.82, 2.24) is 4.90 Å². The maximum absolute atomic E-state index is 12.3. The van der Waals surface area contributed by atoms with Crippen LogP contribution >= 0.6 is 22.6 Å². The number of ether oxygens (including phenoxy) is 2. The van der Waals surface area contributed by atoms with Crippen LogP contribution < -0.4 is 0 Å². The van der Waals surface area contributed by atoms with E-state index >= 15 is 0 Å². The third-order valence-electron chi connectivity index (χ3n) is 3.30. The van der Waals surface area contributed by atoms with E-state index in [1.165, 1.54) is 6.07 Å². The van der Waals surface area contributed by atoms with Gasteiger partial charge in [0, 0.05) is 32.9 Å². The minimum Gasteiger partial charge on any atom is -0.507 e. The molecule has 1 aliphatic rings. The number of aromatic hydroxyl groups is 1. The van der Waals surface area contributed by atoms with Crippen molar-refractivity contribution in [1.29, 1.82) is 0 Å². The second-order valence-electron chi connectivity index (χ2n) is 4.42. The molecule has 1 N–H and O–H groups in total. The van der Waals surface area contributed by atoms with E-state index in [1.807, 2.05) is 22.6 Å². The molecule has 0 radical (unpaired) electrons. The lowest BCUT2D eigenvalue weighted by Gasteiger charge is -2.16. The zero-order valence-electron chi connectivity index (χ0n) is 10.8. The Balaban J connectivity index is 2.14. The summed E-state index contributed by atoms with van der Waals surface area (Å²) in [5, 5.41) is 9.66. The average molecular weight is 377 g/mol. The summed E-state index contributed by atoms with van der Waals surface area (Å²) >= 11 is 2.02. The van der Waals surface area contributed by atoms with Crippen molar-refractivity contribution in [2.45, 2.75) is 12.2 Å². The van der Waals surface area contributed by atoms with Gasteiger partial charge in [0.05, 0.1) is 3.57 Å². The number of hydrogen-bond donors (Lipinski definition) is 1. The number of likely N-dealkylation sites (tertiary alicyclic amines) is 1. The van der Waals surface area contributed by atoms with E-state index in [1.54, 1.807) is 31.3 Å². The fourth-order valence-corrected chi connectivity index (χ4v) is 2.53. The molecule has 1 fully saturated rings. The van der Waals surface area contributed by atoms with E-state index in [0.29, 0.717) is 18.7 Å². The van der Waals surface area contributed by atoms with Crippen LogP contribution in [0, 0.1) is 3.57 Å². The van der Waals surface area contributed by atoms with Gasteiger partial charge in [-0.15, -0.1) is 0 Å². The Kier molecular flexibility index (Phi) is 4.64. The minimum atomic E-state index is -0.117. The van der Waals surface area contributed by atoms with Crippen LogP contribution in [0.25, 0.3) is 0 Å². The molecule has 0 spiro atoms. The molecule has 2 rings (SSSR count). The number of phenols is 1. The Hall–Kier alpha value is -0.860. The van der Waals surface area contributed by atoms with Crippen molar-refractivity contribution in [3.05, 3.63) is 27.3 Å². The van der Waals surface area contributed by atoms with Gasteiger partial charge in [0.1, 0.15) is 18.0 Å². The van der Waals surface area contributed by atoms with Crippen LogP contribution in [0.3, 0.4) is 0 Å². The number of hydrogen-bond acceptors (Lipinski definition) is 4. The first-order chi connectivity index (χ1) is 9.06. The van der Waals surface area contributed by atoms with Gasteiger partial charge in [0.25, 0.3) is 5.91 Å². The number of carbonyl (C=O) groups excluding carboxylic acids is 1. The summed E-state index contributed by atoms with van der Waals surface area (Å²) in [6.45, 7) is 1.00. The van der Waals surface area contributed by atoms with Crippen LogP contribution in [0.15, 0.2) is 18.2 Å². The molecule has 5 nitrogen and oxygen atoms in total. The lowest BCUT2D eigenvalue weighted by molar-refractivity contribution is -0.00461. The number of phenolic OH excluding ortho intramolecular Hbond substituents is 1. The van der Waals surface area contributed by atoms with Crippen LogP contribution in [0.4, 0.5) is 0 Å². The number of carbonyl (C=O) groups is 1. The second kappa shape index (κ2) is 6.06. The van der Waals surface area contributed by atoms with Gasteiger partial charge >= 0.3 is 0 Å². The molecular formula is C13H16INO4. The first kappa shape index (κ1) is 14.5. The Bertz CT molecular complexity index is 468. The van der Waals surface area contributed by atoms with E-state index in [4.69, 9.17) is 9.47 Å². The summed E-state index contributed by atoms with van der Waals surface area (Å²) < 4.78 is 11.3. The number of halogens is 1. The quantitative estimate of drug-likeness (QED) is 0.811. The van der Waals surface area contributed by atoms with Crippen LogP contribution in [-0.2, 0) is 9.47 Å². The molecule has 1 aliphatic heterocycles. The minimum absolute atomic E-state index is 0.105. The van der Waals surface area contributed by atoms with Crippen LogP contribution in [0.5, 0.6) is 5.75 Å². The molecule has 19 heavy (non-hydrogen) atoms. The van der Waals surface area contributed by atoms with Gasteiger partial charge in [0.2, 0.25) is 0 Å². The third kappa shape index (κ3) is 3.01. The SMILES string of the molecule is COC1CN(C(=O)c2ccc(I)c(O)c2)CC1OC. The molecule has 0 saturated carbocycles. The highest BCUT2D eigenvalue weighted by Gasteiger charge is 2.35. The summed E-state index contributed by atoms with van der Waals surface area (Å²) in [6, 6.07) is 4.93. The third-order valence-corrected chi connectivity index (χ3v) is 4.21. The molecule has 0 aromatic heterocycles. The standard InChI is InChI=1S/C13H16INO4/c1-18-11-6-15(7-12(11)19-2)13(17)8-3-4-9(14)10(16)5-8/h3-5,11-12,16H,6-7H2,1-2H3. The van der Waals surface area contributed by atoms with Crippen molar-refractivity contribution in [2.24, 2.45) is 0 Å². The van der Waals surface area contributed by atoms with Gasteiger partial charge < -0.3 is 19.5 Å². The molecule has 6 heteroatoms. The molecule has 0 aliphatic carbocycles. The summed E-state index contributed by atoms with van der Waals surface area (Å²) in [7, 11) is 3.22. The van der Waals surface area contributed by atoms with Gasteiger partial charge in [-0.2, -0.15) is 0 Å². The number of rotatable bonds is 3. The predicted octanol–water partition coefficient (Wildman–Crippen LogP) is 1.48. The molecule has 104 valence electrons. The largest absolute Gasteiger partial charge is 0.507 e. The molecule has 0 bridgehead atoms. The fourth-order valence-electron chi connectivity index (χ4n) is 2.19. The number of amides is 1. The topological polar surface area (TPSA) is 59.0 Å². The molecular weight excluding hydrogens is 361 g/mol. The van der Waals surface area contributed by atoms with Crippen molar-refractivity contribution in [3.8, 4) is 5.75 Å². The van der Waals surface area contributed by atoms with Crippen molar-refractivity contribution in [2.75, 3.05) is 27.3 Å². The highest BCUT2D eigenvalue weighted by atomic mass is 127. The molecule has 1 aromatic rings. The fraction of sp³-hybridized carbons (Fsp3) is 0.462. The number of benzene rings is 1. The van der Waals surface area contributed by atoms with Gasteiger partial charge in [-0.05, 0) is 40.8 Å². The smallest absolute Gasteiger partial charge is 0.254 e. The lowest BCUT2D eigenvalue weighted by atomic mass is 10.2. The maximum atomic E-state index is 12.3. The molecule has 2 atom stereocenters. The van der Waals surface area contributed by atoms with Crippen molar-refractivity contribution in [3.63, 3.8) is 0 Å². The van der Waals surface area contributed by atoms with Crippen LogP contribution in [-0.4, -0.2) is 55.4 Å². The van der Waals surface area contributed by atoms with E-state index < -0.39 is 0 Å². The number of nitrogens with zero attached hydrogens (tertiary/aromatic N) is 1. The Labute approximate surface area is 125 Å². The van der Waals surface area contributed by atoms with Gasteiger partial charge in [0.15, 0.2) is 0 Å². The van der Waals surface area contributed by atoms with Crippen molar-refractivity contribution >= 4 is 28.5 Å². The normalized spacial score (nSPS) is 22.8. The second-order valence-corrected chi connectivity index (χ2v) is 5.59. The van der Waals surface area contributed by atoms with Gasteiger partial charge in [-0.25, -0.2) is 0 Å². The van der Waals surface area contributed by atoms with E-state index in [2.05, 4.69) is 0 Å². The van der Waals surface area contributed by atoms with E-state index in [9.17, 15) is 9.90 Å². The predicted molar refractivity (Wildman–Crippen MR) is 78.3 cm³/mol. The lowest BCUT2D eigenvalue weighted by Crippen LogP contribution is -2.30. The first-order valence-corrected chi connectivity index (χ1v) is 6.98. The monoisotopic (exact) mass is 377 g/mol. The molecule has 1 aromatic carbocycles. The van der Waals surface area contributed by atoms with Crippen molar-refractivity contribution < 1.29 is 19.4 Å². The zero-order chi connectivity index (χ0) is 14.0. The number of methoxy groups -OCH3 is 2.